The van der Waals surface area contributed by atoms with Crippen LogP contribution in [-0.4, -0.2) is 10.7 Å². The highest BCUT2D eigenvalue weighted by molar-refractivity contribution is 6.34. The number of aliphatic imine (C=N–C) groups is 1. The molecule has 0 atom stereocenters. The van der Waals surface area contributed by atoms with Crippen LogP contribution in [0.5, 0.6) is 0 Å². The van der Waals surface area contributed by atoms with Crippen molar-refractivity contribution >= 4 is 33.4 Å². The van der Waals surface area contributed by atoms with Gasteiger partial charge in [-0.2, -0.15) is 0 Å². The van der Waals surface area contributed by atoms with E-state index in [1.165, 1.54) is 38.9 Å². The second-order valence-corrected chi connectivity index (χ2v) is 5.88. The number of para-hydroxylation sites is 2. The molecule has 108 valence electrons. The van der Waals surface area contributed by atoms with Crippen molar-refractivity contribution in [2.75, 3.05) is 0 Å². The third-order valence-corrected chi connectivity index (χ3v) is 4.47. The summed E-state index contributed by atoms with van der Waals surface area (Å²) >= 11 is 0. The van der Waals surface area contributed by atoms with E-state index in [4.69, 9.17) is 4.99 Å². The van der Waals surface area contributed by atoms with Crippen molar-refractivity contribution in [3.05, 3.63) is 65.4 Å². The number of benzene rings is 2. The molecule has 0 bridgehead atoms. The molecule has 2 aromatic carbocycles. The largest absolute Gasteiger partial charge is 0.358 e. The lowest BCUT2D eigenvalue weighted by Crippen LogP contribution is -1.95. The van der Waals surface area contributed by atoms with E-state index in [1.807, 2.05) is 6.07 Å². The van der Waals surface area contributed by atoms with Gasteiger partial charge >= 0.3 is 0 Å². The summed E-state index contributed by atoms with van der Waals surface area (Å²) in [5.74, 6) is 0. The smallest absolute Gasteiger partial charge is 0.0712 e. The Bertz CT molecular complexity index is 955. The van der Waals surface area contributed by atoms with Crippen molar-refractivity contribution in [1.82, 2.24) is 4.98 Å². The Labute approximate surface area is 130 Å². The number of aromatic nitrogens is 1. The lowest BCUT2D eigenvalue weighted by molar-refractivity contribution is 1.28. The molecular formula is C20H18N2. The highest BCUT2D eigenvalue weighted by atomic mass is 14.8. The third-order valence-electron chi connectivity index (χ3n) is 4.47. The van der Waals surface area contributed by atoms with E-state index < -0.39 is 0 Å². The molecule has 1 aliphatic rings. The fourth-order valence-electron chi connectivity index (χ4n) is 3.57. The molecule has 0 aliphatic carbocycles. The van der Waals surface area contributed by atoms with Gasteiger partial charge in [0.25, 0.3) is 0 Å². The van der Waals surface area contributed by atoms with Crippen LogP contribution in [0.1, 0.15) is 30.7 Å². The molecule has 0 unspecified atom stereocenters. The number of fused-ring (bicyclic) bond motifs is 2. The molecule has 3 aromatic rings. The van der Waals surface area contributed by atoms with E-state index >= 15 is 0 Å². The Morgan fingerprint density at radius 2 is 1.68 bits per heavy atom. The summed E-state index contributed by atoms with van der Waals surface area (Å²) in [4.78, 5) is 8.22. The van der Waals surface area contributed by atoms with Crippen molar-refractivity contribution in [2.45, 2.75) is 20.8 Å². The quantitative estimate of drug-likeness (QED) is 0.610. The summed E-state index contributed by atoms with van der Waals surface area (Å²) in [5.41, 5.74) is 9.68. The van der Waals surface area contributed by atoms with E-state index in [0.717, 1.165) is 11.4 Å². The van der Waals surface area contributed by atoms with E-state index in [1.54, 1.807) is 0 Å². The number of H-pyrrole nitrogens is 1. The molecule has 1 aliphatic heterocycles. The van der Waals surface area contributed by atoms with E-state index in [0.29, 0.717) is 0 Å². The Hall–Kier alpha value is -2.61. The van der Waals surface area contributed by atoms with E-state index in [-0.39, 0.29) is 0 Å². The molecule has 0 saturated carbocycles. The molecule has 2 heteroatoms. The minimum Gasteiger partial charge on any atom is -0.358 e. The highest BCUT2D eigenvalue weighted by Crippen LogP contribution is 2.41. The number of hydrogen-bond donors (Lipinski definition) is 1. The first-order chi connectivity index (χ1) is 10.7. The van der Waals surface area contributed by atoms with Crippen molar-refractivity contribution in [3.8, 4) is 0 Å². The lowest BCUT2D eigenvalue weighted by Gasteiger charge is -2.09. The number of hydrogen-bond acceptors (Lipinski definition) is 1. The van der Waals surface area contributed by atoms with Gasteiger partial charge in [-0.3, -0.25) is 4.99 Å². The van der Waals surface area contributed by atoms with Crippen LogP contribution in [-0.2, 0) is 0 Å². The summed E-state index contributed by atoms with van der Waals surface area (Å²) in [6.45, 7) is 6.45. The van der Waals surface area contributed by atoms with Crippen LogP contribution in [0.15, 0.2) is 53.5 Å². The number of allylic oxidation sites excluding steroid dienone is 2. The van der Waals surface area contributed by atoms with Crippen molar-refractivity contribution in [3.63, 3.8) is 0 Å². The van der Waals surface area contributed by atoms with Gasteiger partial charge in [0.05, 0.1) is 5.69 Å². The van der Waals surface area contributed by atoms with E-state index in [9.17, 15) is 0 Å². The normalized spacial score (nSPS) is 15.9. The molecule has 0 spiro atoms. The van der Waals surface area contributed by atoms with E-state index in [2.05, 4.69) is 68.2 Å². The fourth-order valence-corrected chi connectivity index (χ4v) is 3.57. The zero-order valence-electron chi connectivity index (χ0n) is 13.1. The van der Waals surface area contributed by atoms with Crippen LogP contribution < -0.4 is 0 Å². The summed E-state index contributed by atoms with van der Waals surface area (Å²) < 4.78 is 0. The Balaban J connectivity index is 2.03. The zero-order valence-corrected chi connectivity index (χ0v) is 13.1. The number of aromatic amines is 1. The maximum Gasteiger partial charge on any atom is 0.0712 e. The lowest BCUT2D eigenvalue weighted by atomic mass is 9.92. The van der Waals surface area contributed by atoms with Crippen molar-refractivity contribution in [1.29, 1.82) is 0 Å². The van der Waals surface area contributed by atoms with Crippen LogP contribution in [0, 0.1) is 6.92 Å². The summed E-state index contributed by atoms with van der Waals surface area (Å²) in [6.07, 6.45) is 0. The molecule has 0 amide bonds. The van der Waals surface area contributed by atoms with Crippen LogP contribution in [0.4, 0.5) is 5.69 Å². The molecule has 2 nitrogen and oxygen atoms in total. The van der Waals surface area contributed by atoms with Gasteiger partial charge in [-0.25, -0.2) is 0 Å². The van der Waals surface area contributed by atoms with Crippen LogP contribution in [0.2, 0.25) is 0 Å². The van der Waals surface area contributed by atoms with Gasteiger partial charge in [-0.05, 0) is 38.5 Å². The van der Waals surface area contributed by atoms with Gasteiger partial charge in [0, 0.05) is 39.0 Å². The predicted octanol–water partition coefficient (Wildman–Crippen LogP) is 5.51. The first-order valence-corrected chi connectivity index (χ1v) is 7.60. The minimum absolute atomic E-state index is 1.08. The van der Waals surface area contributed by atoms with Crippen LogP contribution >= 0.6 is 0 Å². The molecule has 4 rings (SSSR count). The van der Waals surface area contributed by atoms with Gasteiger partial charge < -0.3 is 4.98 Å². The molecule has 1 N–H and O–H groups in total. The summed E-state index contributed by atoms with van der Waals surface area (Å²) in [6, 6.07) is 16.9. The Morgan fingerprint density at radius 1 is 0.955 bits per heavy atom. The summed E-state index contributed by atoms with van der Waals surface area (Å²) in [7, 11) is 0. The molecule has 0 fully saturated rings. The summed E-state index contributed by atoms with van der Waals surface area (Å²) in [5, 5.41) is 1.28. The number of rotatable bonds is 1. The monoisotopic (exact) mass is 286 g/mol. The average Bonchev–Trinajstić information content (AvgIpc) is 3.01. The highest BCUT2D eigenvalue weighted by Gasteiger charge is 2.22. The average molecular weight is 286 g/mol. The standard InChI is InChI=1S/C20H18N2/c1-12(19-13(2)21-17-10-6-4-8-15(17)19)20-14(3)22-18-11-7-5-9-16(18)20/h4-11,21H,1-3H3. The first-order valence-electron chi connectivity index (χ1n) is 7.60. The number of aryl methyl sites for hydroxylation is 1. The van der Waals surface area contributed by atoms with Crippen molar-refractivity contribution < 1.29 is 0 Å². The zero-order chi connectivity index (χ0) is 15.3. The molecule has 0 radical (unpaired) electrons. The topological polar surface area (TPSA) is 28.1 Å². The molecule has 1 aromatic heterocycles. The van der Waals surface area contributed by atoms with Gasteiger partial charge in [-0.15, -0.1) is 0 Å². The Morgan fingerprint density at radius 3 is 2.55 bits per heavy atom. The molecular weight excluding hydrogens is 268 g/mol. The fraction of sp³-hybridized carbons (Fsp3) is 0.150. The number of nitrogens with one attached hydrogen (secondary N) is 1. The third kappa shape index (κ3) is 1.77. The SMILES string of the molecule is CC1=Nc2ccccc2C1=C(C)c1c(C)[nH]c2ccccc12. The Kier molecular flexibility index (Phi) is 2.80. The second-order valence-electron chi connectivity index (χ2n) is 5.88. The number of nitrogens with zero attached hydrogens (tertiary/aromatic N) is 1. The van der Waals surface area contributed by atoms with Gasteiger partial charge in [0.15, 0.2) is 0 Å². The first kappa shape index (κ1) is 13.1. The predicted molar refractivity (Wildman–Crippen MR) is 94.7 cm³/mol. The maximum atomic E-state index is 4.72. The van der Waals surface area contributed by atoms with Gasteiger partial charge in [-0.1, -0.05) is 36.4 Å². The van der Waals surface area contributed by atoms with Gasteiger partial charge in [0.2, 0.25) is 0 Å². The molecule has 0 saturated heterocycles. The molecule has 2 heterocycles. The minimum atomic E-state index is 1.08. The maximum absolute atomic E-state index is 4.72. The van der Waals surface area contributed by atoms with Crippen molar-refractivity contribution in [2.24, 2.45) is 4.99 Å². The second kappa shape index (κ2) is 4.70. The van der Waals surface area contributed by atoms with Crippen LogP contribution in [0.3, 0.4) is 0 Å². The van der Waals surface area contributed by atoms with Crippen LogP contribution in [0.25, 0.3) is 22.0 Å². The van der Waals surface area contributed by atoms with Gasteiger partial charge in [0.1, 0.15) is 0 Å². The molecule has 22 heavy (non-hydrogen) atoms.